The van der Waals surface area contributed by atoms with Gasteiger partial charge in [-0.1, -0.05) is 65.7 Å². The van der Waals surface area contributed by atoms with E-state index in [0.717, 1.165) is 16.5 Å². The fourth-order valence-electron chi connectivity index (χ4n) is 4.07. The van der Waals surface area contributed by atoms with Crippen LogP contribution in [0, 0.1) is 0 Å². The predicted octanol–water partition coefficient (Wildman–Crippen LogP) is 7.13. The molecule has 9 heteroatoms. The zero-order chi connectivity index (χ0) is 27.4. The van der Waals surface area contributed by atoms with Gasteiger partial charge in [0, 0.05) is 16.0 Å². The average molecular weight is 558 g/mol. The standard InChI is InChI=1S/C30H21Cl2N3O4/c1-38-25-16-18(10-15-24(25)39-30(37)20-11-13-21(31)14-12-20)17-33-35-29(36)28-26(19-6-3-2-4-7-19)22-8-5-9-23(32)27(22)34-28/h2-17,34H,1H3,(H,35,36). The Kier molecular flexibility index (Phi) is 7.63. The number of aromatic nitrogens is 1. The smallest absolute Gasteiger partial charge is 0.343 e. The quantitative estimate of drug-likeness (QED) is 0.0962. The zero-order valence-corrected chi connectivity index (χ0v) is 22.1. The highest BCUT2D eigenvalue weighted by molar-refractivity contribution is 6.36. The third-order valence-electron chi connectivity index (χ3n) is 5.92. The lowest BCUT2D eigenvalue weighted by atomic mass is 10.0. The number of ether oxygens (including phenoxy) is 2. The molecule has 0 atom stereocenters. The molecule has 1 aromatic heterocycles. The topological polar surface area (TPSA) is 92.8 Å². The lowest BCUT2D eigenvalue weighted by Gasteiger charge is -2.10. The van der Waals surface area contributed by atoms with Gasteiger partial charge in [0.15, 0.2) is 11.5 Å². The van der Waals surface area contributed by atoms with E-state index in [1.165, 1.54) is 13.3 Å². The Morgan fingerprint density at radius 2 is 1.67 bits per heavy atom. The summed E-state index contributed by atoms with van der Waals surface area (Å²) in [5.41, 5.74) is 6.13. The Morgan fingerprint density at radius 1 is 0.897 bits per heavy atom. The van der Waals surface area contributed by atoms with Crippen molar-refractivity contribution in [2.45, 2.75) is 0 Å². The third-order valence-corrected chi connectivity index (χ3v) is 6.49. The van der Waals surface area contributed by atoms with Crippen LogP contribution in [0.3, 0.4) is 0 Å². The van der Waals surface area contributed by atoms with Gasteiger partial charge in [0.05, 0.1) is 29.4 Å². The van der Waals surface area contributed by atoms with Crippen LogP contribution in [0.2, 0.25) is 10.0 Å². The Morgan fingerprint density at radius 3 is 2.41 bits per heavy atom. The number of esters is 1. The van der Waals surface area contributed by atoms with Crippen LogP contribution >= 0.6 is 23.2 Å². The van der Waals surface area contributed by atoms with Crippen molar-refractivity contribution in [3.63, 3.8) is 0 Å². The summed E-state index contributed by atoms with van der Waals surface area (Å²) in [5.74, 6) is -0.422. The van der Waals surface area contributed by atoms with Crippen molar-refractivity contribution in [2.24, 2.45) is 5.10 Å². The summed E-state index contributed by atoms with van der Waals surface area (Å²) in [6.45, 7) is 0. The minimum Gasteiger partial charge on any atom is -0.493 e. The molecule has 4 aromatic carbocycles. The molecule has 194 valence electrons. The van der Waals surface area contributed by atoms with E-state index in [2.05, 4.69) is 15.5 Å². The molecule has 0 aliphatic carbocycles. The fourth-order valence-corrected chi connectivity index (χ4v) is 4.42. The Bertz CT molecular complexity index is 1700. The van der Waals surface area contributed by atoms with E-state index in [1.807, 2.05) is 42.5 Å². The molecule has 1 heterocycles. The van der Waals surface area contributed by atoms with E-state index >= 15 is 0 Å². The number of carbonyl (C=O) groups is 2. The monoisotopic (exact) mass is 557 g/mol. The van der Waals surface area contributed by atoms with E-state index in [4.69, 9.17) is 32.7 Å². The lowest BCUT2D eigenvalue weighted by molar-refractivity contribution is 0.0729. The molecule has 7 nitrogen and oxygen atoms in total. The molecular weight excluding hydrogens is 537 g/mol. The molecule has 0 unspecified atom stereocenters. The van der Waals surface area contributed by atoms with Gasteiger partial charge in [-0.3, -0.25) is 4.79 Å². The normalized spacial score (nSPS) is 11.1. The van der Waals surface area contributed by atoms with Gasteiger partial charge in [-0.15, -0.1) is 0 Å². The maximum atomic E-state index is 13.2. The van der Waals surface area contributed by atoms with Crippen LogP contribution in [0.15, 0.2) is 96.1 Å². The second-order valence-corrected chi connectivity index (χ2v) is 9.25. The van der Waals surface area contributed by atoms with E-state index in [0.29, 0.717) is 38.1 Å². The van der Waals surface area contributed by atoms with Crippen LogP contribution in [-0.2, 0) is 0 Å². The molecule has 0 radical (unpaired) electrons. The largest absolute Gasteiger partial charge is 0.493 e. The van der Waals surface area contributed by atoms with E-state index in [-0.39, 0.29) is 5.75 Å². The Balaban J connectivity index is 1.35. The van der Waals surface area contributed by atoms with Crippen LogP contribution in [0.4, 0.5) is 0 Å². The molecule has 39 heavy (non-hydrogen) atoms. The highest BCUT2D eigenvalue weighted by atomic mass is 35.5. The molecule has 0 fully saturated rings. The number of aromatic amines is 1. The van der Waals surface area contributed by atoms with Crippen molar-refractivity contribution in [2.75, 3.05) is 7.11 Å². The molecule has 5 rings (SSSR count). The number of hydrogen-bond donors (Lipinski definition) is 2. The van der Waals surface area contributed by atoms with Crippen molar-refractivity contribution in [3.05, 3.63) is 118 Å². The van der Waals surface area contributed by atoms with Crippen LogP contribution in [0.1, 0.15) is 26.4 Å². The molecule has 0 saturated carbocycles. The van der Waals surface area contributed by atoms with E-state index in [1.54, 1.807) is 48.5 Å². The summed E-state index contributed by atoms with van der Waals surface area (Å²) < 4.78 is 10.9. The minimum absolute atomic E-state index is 0.237. The van der Waals surface area contributed by atoms with Crippen molar-refractivity contribution >= 4 is 52.2 Å². The third kappa shape index (κ3) is 5.65. The first-order chi connectivity index (χ1) is 18.9. The number of fused-ring (bicyclic) bond motifs is 1. The van der Waals surface area contributed by atoms with Crippen LogP contribution in [0.5, 0.6) is 11.5 Å². The second-order valence-electron chi connectivity index (χ2n) is 8.41. The number of nitrogens with one attached hydrogen (secondary N) is 2. The predicted molar refractivity (Wildman–Crippen MR) is 153 cm³/mol. The molecule has 0 aliphatic heterocycles. The maximum Gasteiger partial charge on any atom is 0.343 e. The zero-order valence-electron chi connectivity index (χ0n) is 20.6. The maximum absolute atomic E-state index is 13.2. The number of H-pyrrole nitrogens is 1. The summed E-state index contributed by atoms with van der Waals surface area (Å²) in [6.07, 6.45) is 1.46. The van der Waals surface area contributed by atoms with Crippen LogP contribution in [-0.4, -0.2) is 30.2 Å². The Labute approximate surface area is 234 Å². The number of hydrogen-bond acceptors (Lipinski definition) is 5. The van der Waals surface area contributed by atoms with Crippen LogP contribution in [0.25, 0.3) is 22.0 Å². The number of para-hydroxylation sites is 1. The minimum atomic E-state index is -0.550. The van der Waals surface area contributed by atoms with Crippen LogP contribution < -0.4 is 14.9 Å². The Hall–Kier alpha value is -4.59. The van der Waals surface area contributed by atoms with Crippen molar-refractivity contribution in [1.82, 2.24) is 10.4 Å². The second kappa shape index (κ2) is 11.4. The summed E-state index contributed by atoms with van der Waals surface area (Å²) >= 11 is 12.3. The number of amides is 1. The number of halogens is 2. The number of methoxy groups -OCH3 is 1. The van der Waals surface area contributed by atoms with Gasteiger partial charge in [0.25, 0.3) is 5.91 Å². The summed E-state index contributed by atoms with van der Waals surface area (Å²) in [6, 6.07) is 26.4. The highest BCUT2D eigenvalue weighted by Crippen LogP contribution is 2.35. The molecular formula is C30H21Cl2N3O4. The number of rotatable bonds is 7. The van der Waals surface area contributed by atoms with Gasteiger partial charge in [0.1, 0.15) is 5.69 Å². The molecule has 1 amide bonds. The van der Waals surface area contributed by atoms with E-state index < -0.39 is 11.9 Å². The van der Waals surface area contributed by atoms with Gasteiger partial charge < -0.3 is 14.5 Å². The first-order valence-corrected chi connectivity index (χ1v) is 12.5. The number of benzene rings is 4. The first kappa shape index (κ1) is 26.0. The van der Waals surface area contributed by atoms with Crippen molar-refractivity contribution < 1.29 is 19.1 Å². The summed E-state index contributed by atoms with van der Waals surface area (Å²) in [7, 11) is 1.46. The average Bonchev–Trinajstić information content (AvgIpc) is 3.35. The van der Waals surface area contributed by atoms with Gasteiger partial charge in [-0.05, 0) is 59.7 Å². The molecule has 2 N–H and O–H groups in total. The van der Waals surface area contributed by atoms with Gasteiger partial charge in [-0.25, -0.2) is 10.2 Å². The summed E-state index contributed by atoms with van der Waals surface area (Å²) in [4.78, 5) is 28.8. The molecule has 0 saturated heterocycles. The van der Waals surface area contributed by atoms with Crippen molar-refractivity contribution in [1.29, 1.82) is 0 Å². The molecule has 0 bridgehead atoms. The molecule has 0 spiro atoms. The van der Waals surface area contributed by atoms with Crippen molar-refractivity contribution in [3.8, 4) is 22.6 Å². The summed E-state index contributed by atoms with van der Waals surface area (Å²) in [5, 5.41) is 5.97. The number of carbonyl (C=O) groups excluding carboxylic acids is 2. The highest BCUT2D eigenvalue weighted by Gasteiger charge is 2.20. The van der Waals surface area contributed by atoms with E-state index in [9.17, 15) is 9.59 Å². The van der Waals surface area contributed by atoms with Gasteiger partial charge >= 0.3 is 5.97 Å². The molecule has 5 aromatic rings. The molecule has 0 aliphatic rings. The SMILES string of the molecule is COc1cc(C=NNC(=O)c2[nH]c3c(Cl)cccc3c2-c2ccccc2)ccc1OC(=O)c1ccc(Cl)cc1. The van der Waals surface area contributed by atoms with Gasteiger partial charge in [0.2, 0.25) is 0 Å². The number of hydrazone groups is 1. The number of nitrogens with zero attached hydrogens (tertiary/aromatic N) is 1. The fraction of sp³-hybridized carbons (Fsp3) is 0.0333. The lowest BCUT2D eigenvalue weighted by Crippen LogP contribution is -2.18. The first-order valence-electron chi connectivity index (χ1n) is 11.8. The van der Waals surface area contributed by atoms with Gasteiger partial charge in [-0.2, -0.15) is 5.10 Å².